The summed E-state index contributed by atoms with van der Waals surface area (Å²) in [5.41, 5.74) is 0.153. The number of carbonyl (C=O) groups excluding carboxylic acids is 4. The molecule has 27 heavy (non-hydrogen) atoms. The van der Waals surface area contributed by atoms with E-state index < -0.39 is 23.8 Å². The molecular weight excluding hydrogens is 352 g/mol. The van der Waals surface area contributed by atoms with Crippen molar-refractivity contribution in [1.82, 2.24) is 5.32 Å². The number of carbonyl (C=O) groups is 4. The van der Waals surface area contributed by atoms with Crippen LogP contribution in [-0.4, -0.2) is 44.0 Å². The van der Waals surface area contributed by atoms with Crippen molar-refractivity contribution in [3.05, 3.63) is 29.3 Å². The van der Waals surface area contributed by atoms with E-state index in [9.17, 15) is 19.2 Å². The van der Waals surface area contributed by atoms with Crippen LogP contribution in [0.4, 0.5) is 5.69 Å². The van der Waals surface area contributed by atoms with Crippen LogP contribution in [0.25, 0.3) is 0 Å². The van der Waals surface area contributed by atoms with Gasteiger partial charge in [-0.25, -0.2) is 9.59 Å². The summed E-state index contributed by atoms with van der Waals surface area (Å²) in [5.74, 6) is -2.75. The minimum Gasteiger partial charge on any atom is -0.465 e. The molecule has 1 fully saturated rings. The van der Waals surface area contributed by atoms with Gasteiger partial charge in [0.1, 0.15) is 0 Å². The SMILES string of the molecule is COC(=O)c1ccc(C(=O)OC)c(NC(=O)C(=O)NC2CCCCC2C)c1. The fraction of sp³-hybridized carbons (Fsp3) is 0.474. The quantitative estimate of drug-likeness (QED) is 0.613. The molecule has 2 amide bonds. The average molecular weight is 376 g/mol. The first-order valence-corrected chi connectivity index (χ1v) is 8.80. The molecule has 2 unspecified atom stereocenters. The van der Waals surface area contributed by atoms with Crippen molar-refractivity contribution in [3.8, 4) is 0 Å². The number of esters is 2. The number of ether oxygens (including phenoxy) is 2. The van der Waals surface area contributed by atoms with E-state index >= 15 is 0 Å². The van der Waals surface area contributed by atoms with Crippen molar-refractivity contribution in [2.45, 2.75) is 38.6 Å². The zero-order valence-corrected chi connectivity index (χ0v) is 15.7. The summed E-state index contributed by atoms with van der Waals surface area (Å²) >= 11 is 0. The normalized spacial score (nSPS) is 18.9. The number of rotatable bonds is 4. The molecule has 0 aliphatic heterocycles. The van der Waals surface area contributed by atoms with Gasteiger partial charge in [0, 0.05) is 6.04 Å². The van der Waals surface area contributed by atoms with Crippen LogP contribution in [0.5, 0.6) is 0 Å². The maximum Gasteiger partial charge on any atom is 0.339 e. The van der Waals surface area contributed by atoms with Crippen LogP contribution in [0, 0.1) is 5.92 Å². The van der Waals surface area contributed by atoms with E-state index in [0.717, 1.165) is 25.7 Å². The van der Waals surface area contributed by atoms with Crippen LogP contribution < -0.4 is 10.6 Å². The molecule has 0 radical (unpaired) electrons. The van der Waals surface area contributed by atoms with Crippen molar-refractivity contribution in [3.63, 3.8) is 0 Å². The van der Waals surface area contributed by atoms with Crippen LogP contribution in [0.15, 0.2) is 18.2 Å². The smallest absolute Gasteiger partial charge is 0.339 e. The second-order valence-electron chi connectivity index (χ2n) is 6.54. The highest BCUT2D eigenvalue weighted by atomic mass is 16.5. The number of hydrogen-bond acceptors (Lipinski definition) is 6. The Hall–Kier alpha value is -2.90. The molecule has 1 aliphatic rings. The molecule has 0 saturated heterocycles. The Kier molecular flexibility index (Phi) is 6.92. The second-order valence-corrected chi connectivity index (χ2v) is 6.54. The Balaban J connectivity index is 2.17. The van der Waals surface area contributed by atoms with E-state index in [1.165, 1.54) is 32.4 Å². The minimum absolute atomic E-state index is 0.00147. The van der Waals surface area contributed by atoms with Crippen molar-refractivity contribution >= 4 is 29.4 Å². The number of methoxy groups -OCH3 is 2. The lowest BCUT2D eigenvalue weighted by atomic mass is 9.86. The molecule has 2 rings (SSSR count). The predicted molar refractivity (Wildman–Crippen MR) is 97.3 cm³/mol. The van der Waals surface area contributed by atoms with Crippen molar-refractivity contribution < 1.29 is 28.7 Å². The first-order valence-electron chi connectivity index (χ1n) is 8.80. The molecule has 0 aromatic heterocycles. The summed E-state index contributed by atoms with van der Waals surface area (Å²) in [6, 6.07) is 3.91. The van der Waals surface area contributed by atoms with Crippen molar-refractivity contribution in [2.75, 3.05) is 19.5 Å². The molecule has 1 aliphatic carbocycles. The molecular formula is C19H24N2O6. The zero-order chi connectivity index (χ0) is 20.0. The standard InChI is InChI=1S/C19H24N2O6/c1-11-6-4-5-7-14(11)20-16(22)17(23)21-15-10-12(18(24)26-2)8-9-13(15)19(25)27-3/h8-11,14H,4-7H2,1-3H3,(H,20,22)(H,21,23). The fourth-order valence-corrected chi connectivity index (χ4v) is 3.12. The van der Waals surface area contributed by atoms with Gasteiger partial charge >= 0.3 is 23.8 Å². The van der Waals surface area contributed by atoms with E-state index in [2.05, 4.69) is 20.1 Å². The molecule has 2 atom stereocenters. The van der Waals surface area contributed by atoms with Gasteiger partial charge in [0.15, 0.2) is 0 Å². The summed E-state index contributed by atoms with van der Waals surface area (Å²) in [5, 5.41) is 5.13. The van der Waals surface area contributed by atoms with E-state index in [1.807, 2.05) is 6.92 Å². The summed E-state index contributed by atoms with van der Waals surface area (Å²) in [6.45, 7) is 2.04. The van der Waals surface area contributed by atoms with E-state index in [1.54, 1.807) is 0 Å². The Morgan fingerprint density at radius 1 is 0.963 bits per heavy atom. The van der Waals surface area contributed by atoms with Gasteiger partial charge in [-0.1, -0.05) is 19.8 Å². The molecule has 1 aromatic rings. The highest BCUT2D eigenvalue weighted by molar-refractivity contribution is 6.40. The van der Waals surface area contributed by atoms with Crippen molar-refractivity contribution in [1.29, 1.82) is 0 Å². The Bertz CT molecular complexity index is 746. The molecule has 8 nitrogen and oxygen atoms in total. The van der Waals surface area contributed by atoms with Crippen LogP contribution in [-0.2, 0) is 19.1 Å². The maximum absolute atomic E-state index is 12.3. The third-order valence-electron chi connectivity index (χ3n) is 4.73. The van der Waals surface area contributed by atoms with Crippen LogP contribution in [0.1, 0.15) is 53.3 Å². The predicted octanol–water partition coefficient (Wildman–Crippen LogP) is 1.89. The third kappa shape index (κ3) is 5.06. The lowest BCUT2D eigenvalue weighted by Gasteiger charge is -2.29. The fourth-order valence-electron chi connectivity index (χ4n) is 3.12. The topological polar surface area (TPSA) is 111 Å². The Labute approximate surface area is 157 Å². The van der Waals surface area contributed by atoms with Gasteiger partial charge < -0.3 is 20.1 Å². The first-order chi connectivity index (χ1) is 12.9. The largest absolute Gasteiger partial charge is 0.465 e. The highest BCUT2D eigenvalue weighted by Gasteiger charge is 2.26. The summed E-state index contributed by atoms with van der Waals surface area (Å²) in [4.78, 5) is 48.2. The number of anilines is 1. The summed E-state index contributed by atoms with van der Waals surface area (Å²) in [7, 11) is 2.41. The van der Waals surface area contributed by atoms with Gasteiger partial charge in [-0.05, 0) is 37.0 Å². The zero-order valence-electron chi connectivity index (χ0n) is 15.7. The van der Waals surface area contributed by atoms with E-state index in [0.29, 0.717) is 5.92 Å². The maximum atomic E-state index is 12.3. The monoisotopic (exact) mass is 376 g/mol. The van der Waals surface area contributed by atoms with Gasteiger partial charge in [0.2, 0.25) is 0 Å². The number of nitrogens with one attached hydrogen (secondary N) is 2. The Morgan fingerprint density at radius 3 is 2.26 bits per heavy atom. The van der Waals surface area contributed by atoms with E-state index in [4.69, 9.17) is 0 Å². The molecule has 0 spiro atoms. The van der Waals surface area contributed by atoms with Gasteiger partial charge in [0.25, 0.3) is 0 Å². The third-order valence-corrected chi connectivity index (χ3v) is 4.73. The molecule has 8 heteroatoms. The number of amides is 2. The molecule has 146 valence electrons. The van der Waals surface area contributed by atoms with Crippen LogP contribution >= 0.6 is 0 Å². The summed E-state index contributed by atoms with van der Waals surface area (Å²) in [6.07, 6.45) is 3.94. The molecule has 1 aromatic carbocycles. The van der Waals surface area contributed by atoms with Gasteiger partial charge in [-0.15, -0.1) is 0 Å². The second kappa shape index (κ2) is 9.16. The van der Waals surface area contributed by atoms with Gasteiger partial charge in [-0.2, -0.15) is 0 Å². The van der Waals surface area contributed by atoms with Crippen LogP contribution in [0.3, 0.4) is 0 Å². The number of benzene rings is 1. The van der Waals surface area contributed by atoms with E-state index in [-0.39, 0.29) is 22.9 Å². The van der Waals surface area contributed by atoms with Crippen LogP contribution in [0.2, 0.25) is 0 Å². The molecule has 2 N–H and O–H groups in total. The summed E-state index contributed by atoms with van der Waals surface area (Å²) < 4.78 is 9.31. The van der Waals surface area contributed by atoms with Gasteiger partial charge in [0.05, 0.1) is 31.0 Å². The number of hydrogen-bond donors (Lipinski definition) is 2. The average Bonchev–Trinajstić information content (AvgIpc) is 2.68. The molecule has 0 heterocycles. The Morgan fingerprint density at radius 2 is 1.63 bits per heavy atom. The lowest BCUT2D eigenvalue weighted by molar-refractivity contribution is -0.137. The first kappa shape index (κ1) is 20.4. The minimum atomic E-state index is -0.917. The molecule has 1 saturated carbocycles. The highest BCUT2D eigenvalue weighted by Crippen LogP contribution is 2.24. The lowest BCUT2D eigenvalue weighted by Crippen LogP contribution is -2.45. The van der Waals surface area contributed by atoms with Crippen molar-refractivity contribution in [2.24, 2.45) is 5.92 Å². The van der Waals surface area contributed by atoms with Gasteiger partial charge in [-0.3, -0.25) is 9.59 Å². The molecule has 0 bridgehead atoms.